The maximum absolute atomic E-state index is 5.28. The van der Waals surface area contributed by atoms with E-state index in [1.165, 1.54) is 0 Å². The number of hydroxylamine groups is 1. The molecule has 1 aliphatic heterocycles. The summed E-state index contributed by atoms with van der Waals surface area (Å²) < 4.78 is 0. The Balaban J connectivity index is 2.60. The quantitative estimate of drug-likeness (QED) is 0.502. The van der Waals surface area contributed by atoms with Crippen molar-refractivity contribution >= 4 is 0 Å². The Morgan fingerprint density at radius 3 is 2.30 bits per heavy atom. The average molecular weight is 144 g/mol. The van der Waals surface area contributed by atoms with Crippen LogP contribution in [0.4, 0.5) is 0 Å². The summed E-state index contributed by atoms with van der Waals surface area (Å²) in [5, 5.41) is 3.90. The molecule has 0 unspecified atom stereocenters. The standard InChI is InChI=1S/C7H16N2O/c1-7(2)5-6-10-9(4)8(7)3/h5-6H2,1-4H3. The van der Waals surface area contributed by atoms with Gasteiger partial charge in [-0.25, -0.2) is 5.01 Å². The van der Waals surface area contributed by atoms with Crippen LogP contribution in [0.15, 0.2) is 0 Å². The van der Waals surface area contributed by atoms with Crippen LogP contribution in [0.3, 0.4) is 0 Å². The van der Waals surface area contributed by atoms with E-state index in [0.29, 0.717) is 0 Å². The number of nitrogens with zero attached hydrogens (tertiary/aromatic N) is 2. The summed E-state index contributed by atoms with van der Waals surface area (Å²) in [6.07, 6.45) is 1.09. The zero-order valence-corrected chi connectivity index (χ0v) is 7.22. The largest absolute Gasteiger partial charge is 0.284 e. The lowest BCUT2D eigenvalue weighted by Crippen LogP contribution is -2.54. The van der Waals surface area contributed by atoms with Gasteiger partial charge in [0.15, 0.2) is 0 Å². The summed E-state index contributed by atoms with van der Waals surface area (Å²) in [5.74, 6) is 0. The Morgan fingerprint density at radius 1 is 1.30 bits per heavy atom. The van der Waals surface area contributed by atoms with Crippen LogP contribution in [0.5, 0.6) is 0 Å². The van der Waals surface area contributed by atoms with Crippen LogP contribution in [0, 0.1) is 0 Å². The molecule has 0 spiro atoms. The highest BCUT2D eigenvalue weighted by Crippen LogP contribution is 2.22. The highest BCUT2D eigenvalue weighted by atomic mass is 16.7. The molecule has 0 saturated carbocycles. The van der Waals surface area contributed by atoms with Crippen molar-refractivity contribution in [1.82, 2.24) is 10.2 Å². The molecular weight excluding hydrogens is 128 g/mol. The van der Waals surface area contributed by atoms with Gasteiger partial charge in [0.1, 0.15) is 0 Å². The van der Waals surface area contributed by atoms with E-state index in [1.54, 1.807) is 5.17 Å². The maximum Gasteiger partial charge on any atom is 0.0719 e. The van der Waals surface area contributed by atoms with Crippen molar-refractivity contribution in [1.29, 1.82) is 0 Å². The number of hydrazine groups is 1. The molecular formula is C7H16N2O. The van der Waals surface area contributed by atoms with Gasteiger partial charge in [0, 0.05) is 19.6 Å². The number of hydrogen-bond acceptors (Lipinski definition) is 3. The molecule has 60 valence electrons. The summed E-state index contributed by atoms with van der Waals surface area (Å²) in [6.45, 7) is 5.26. The van der Waals surface area contributed by atoms with Crippen LogP contribution >= 0.6 is 0 Å². The predicted octanol–water partition coefficient (Wildman–Crippen LogP) is 0.879. The fraction of sp³-hybridized carbons (Fsp3) is 1.00. The molecule has 1 rings (SSSR count). The maximum atomic E-state index is 5.28. The first-order chi connectivity index (χ1) is 4.54. The Hall–Kier alpha value is -0.120. The first kappa shape index (κ1) is 7.98. The average Bonchev–Trinajstić information content (AvgIpc) is 1.83. The van der Waals surface area contributed by atoms with E-state index in [4.69, 9.17) is 4.84 Å². The van der Waals surface area contributed by atoms with E-state index < -0.39 is 0 Å². The molecule has 0 bridgehead atoms. The molecule has 0 amide bonds. The molecule has 0 N–H and O–H groups in total. The Kier molecular flexibility index (Phi) is 1.99. The minimum atomic E-state index is 0.243. The monoisotopic (exact) mass is 144 g/mol. The van der Waals surface area contributed by atoms with Crippen LogP contribution in [-0.4, -0.2) is 36.4 Å². The van der Waals surface area contributed by atoms with E-state index in [0.717, 1.165) is 13.0 Å². The van der Waals surface area contributed by atoms with Gasteiger partial charge < -0.3 is 0 Å². The van der Waals surface area contributed by atoms with Crippen LogP contribution in [0.1, 0.15) is 20.3 Å². The lowest BCUT2D eigenvalue weighted by atomic mass is 10.0. The van der Waals surface area contributed by atoms with Gasteiger partial charge in [-0.15, -0.1) is 5.17 Å². The van der Waals surface area contributed by atoms with Crippen molar-refractivity contribution in [2.45, 2.75) is 25.8 Å². The van der Waals surface area contributed by atoms with Gasteiger partial charge >= 0.3 is 0 Å². The van der Waals surface area contributed by atoms with Crippen molar-refractivity contribution in [3.8, 4) is 0 Å². The number of rotatable bonds is 0. The van der Waals surface area contributed by atoms with Gasteiger partial charge in [-0.1, -0.05) is 0 Å². The van der Waals surface area contributed by atoms with E-state index in [9.17, 15) is 0 Å². The minimum Gasteiger partial charge on any atom is -0.284 e. The zero-order valence-electron chi connectivity index (χ0n) is 7.22. The summed E-state index contributed by atoms with van der Waals surface area (Å²) in [7, 11) is 3.97. The normalized spacial score (nSPS) is 28.8. The van der Waals surface area contributed by atoms with Crippen LogP contribution in [0.2, 0.25) is 0 Å². The molecule has 0 aromatic carbocycles. The molecule has 3 nitrogen and oxygen atoms in total. The summed E-state index contributed by atoms with van der Waals surface area (Å²) in [5.41, 5.74) is 0.243. The third-order valence-electron chi connectivity index (χ3n) is 2.29. The summed E-state index contributed by atoms with van der Waals surface area (Å²) >= 11 is 0. The fourth-order valence-electron chi connectivity index (χ4n) is 1.06. The topological polar surface area (TPSA) is 15.7 Å². The molecule has 0 atom stereocenters. The van der Waals surface area contributed by atoms with Gasteiger partial charge in [0.05, 0.1) is 6.61 Å². The highest BCUT2D eigenvalue weighted by Gasteiger charge is 2.30. The molecule has 3 heteroatoms. The van der Waals surface area contributed by atoms with Gasteiger partial charge in [-0.3, -0.25) is 4.84 Å². The second-order valence-corrected chi connectivity index (χ2v) is 3.38. The molecule has 1 saturated heterocycles. The van der Waals surface area contributed by atoms with Crippen molar-refractivity contribution in [2.24, 2.45) is 0 Å². The first-order valence-electron chi connectivity index (χ1n) is 3.64. The van der Waals surface area contributed by atoms with Crippen LogP contribution in [-0.2, 0) is 4.84 Å². The molecule has 10 heavy (non-hydrogen) atoms. The van der Waals surface area contributed by atoms with Crippen molar-refractivity contribution in [2.75, 3.05) is 20.7 Å². The van der Waals surface area contributed by atoms with E-state index >= 15 is 0 Å². The first-order valence-corrected chi connectivity index (χ1v) is 3.64. The molecule has 0 aromatic rings. The van der Waals surface area contributed by atoms with Crippen molar-refractivity contribution in [3.05, 3.63) is 0 Å². The molecule has 1 aliphatic rings. The molecule has 0 aromatic heterocycles. The van der Waals surface area contributed by atoms with Crippen LogP contribution in [0.25, 0.3) is 0 Å². The lowest BCUT2D eigenvalue weighted by molar-refractivity contribution is -0.319. The minimum absolute atomic E-state index is 0.243. The predicted molar refractivity (Wildman–Crippen MR) is 40.2 cm³/mol. The highest BCUT2D eigenvalue weighted by molar-refractivity contribution is 4.77. The molecule has 0 aliphatic carbocycles. The van der Waals surface area contributed by atoms with E-state index in [1.807, 2.05) is 14.1 Å². The third kappa shape index (κ3) is 1.31. The van der Waals surface area contributed by atoms with Gasteiger partial charge in [-0.05, 0) is 20.3 Å². The number of hydrogen-bond donors (Lipinski definition) is 0. The van der Waals surface area contributed by atoms with E-state index in [-0.39, 0.29) is 5.54 Å². The van der Waals surface area contributed by atoms with Crippen molar-refractivity contribution in [3.63, 3.8) is 0 Å². The van der Waals surface area contributed by atoms with Gasteiger partial charge in [-0.2, -0.15) is 0 Å². The summed E-state index contributed by atoms with van der Waals surface area (Å²) in [4.78, 5) is 5.28. The Bertz CT molecular complexity index is 125. The van der Waals surface area contributed by atoms with Crippen molar-refractivity contribution < 1.29 is 4.84 Å². The zero-order chi connectivity index (χ0) is 7.78. The van der Waals surface area contributed by atoms with E-state index in [2.05, 4.69) is 18.9 Å². The fourth-order valence-corrected chi connectivity index (χ4v) is 1.06. The van der Waals surface area contributed by atoms with Gasteiger partial charge in [0.2, 0.25) is 0 Å². The third-order valence-corrected chi connectivity index (χ3v) is 2.29. The Labute approximate surface area is 62.5 Å². The van der Waals surface area contributed by atoms with Crippen LogP contribution < -0.4 is 0 Å². The molecule has 0 radical (unpaired) electrons. The lowest BCUT2D eigenvalue weighted by Gasteiger charge is -2.44. The Morgan fingerprint density at radius 2 is 1.90 bits per heavy atom. The second-order valence-electron chi connectivity index (χ2n) is 3.38. The molecule has 1 fully saturated rings. The smallest absolute Gasteiger partial charge is 0.0719 e. The second kappa shape index (κ2) is 2.49. The van der Waals surface area contributed by atoms with Gasteiger partial charge in [0.25, 0.3) is 0 Å². The SMILES string of the molecule is CN1OCCC(C)(C)N1C. The summed E-state index contributed by atoms with van der Waals surface area (Å²) in [6, 6.07) is 0. The molecule has 1 heterocycles.